The number of nitrogens with zero attached hydrogens (tertiary/aromatic N) is 2. The molecule has 0 saturated heterocycles. The third kappa shape index (κ3) is 3.78. The molecule has 0 spiro atoms. The molecule has 0 bridgehead atoms. The summed E-state index contributed by atoms with van der Waals surface area (Å²) in [6.45, 7) is 0. The van der Waals surface area contributed by atoms with Crippen molar-refractivity contribution in [1.29, 1.82) is 5.26 Å². The molecule has 29 heavy (non-hydrogen) atoms. The predicted octanol–water partition coefficient (Wildman–Crippen LogP) is 2.27. The van der Waals surface area contributed by atoms with Gasteiger partial charge < -0.3 is 15.3 Å². The van der Waals surface area contributed by atoms with Crippen LogP contribution in [0.1, 0.15) is 24.0 Å². The first kappa shape index (κ1) is 20.3. The molecule has 0 aromatic heterocycles. The van der Waals surface area contributed by atoms with Crippen LogP contribution in [0.25, 0.3) is 0 Å². The lowest BCUT2D eigenvalue weighted by Crippen LogP contribution is -2.58. The van der Waals surface area contributed by atoms with Gasteiger partial charge in [-0.15, -0.1) is 0 Å². The van der Waals surface area contributed by atoms with E-state index in [-0.39, 0.29) is 23.3 Å². The maximum absolute atomic E-state index is 13.8. The van der Waals surface area contributed by atoms with E-state index in [1.54, 1.807) is 6.07 Å². The van der Waals surface area contributed by atoms with Gasteiger partial charge in [-0.2, -0.15) is 18.4 Å². The molecule has 1 aromatic carbocycles. The number of aliphatic carboxylic acids is 1. The van der Waals surface area contributed by atoms with E-state index >= 15 is 0 Å². The second-order valence-corrected chi connectivity index (χ2v) is 6.62. The van der Waals surface area contributed by atoms with Gasteiger partial charge in [0.2, 0.25) is 0 Å². The summed E-state index contributed by atoms with van der Waals surface area (Å²) in [4.78, 5) is 28.0. The highest BCUT2D eigenvalue weighted by Gasteiger charge is 2.66. The quantitative estimate of drug-likeness (QED) is 0.583. The minimum absolute atomic E-state index is 0.0991. The van der Waals surface area contributed by atoms with Crippen LogP contribution in [0.4, 0.5) is 17.6 Å². The van der Waals surface area contributed by atoms with Crippen LogP contribution >= 0.6 is 0 Å². The van der Waals surface area contributed by atoms with Gasteiger partial charge >= 0.3 is 17.7 Å². The van der Waals surface area contributed by atoms with Gasteiger partial charge in [0.1, 0.15) is 5.82 Å². The Hall–Kier alpha value is -3.42. The molecule has 11 heteroatoms. The first-order chi connectivity index (χ1) is 13.6. The van der Waals surface area contributed by atoms with Crippen LogP contribution in [0.15, 0.2) is 35.5 Å². The third-order valence-corrected chi connectivity index (χ3v) is 4.63. The normalized spacial score (nSPS) is 25.8. The molecular formula is C18H13F4N3O4. The maximum Gasteiger partial charge on any atom is 0.440 e. The molecule has 1 aromatic rings. The van der Waals surface area contributed by atoms with Gasteiger partial charge in [-0.25, -0.2) is 4.39 Å². The van der Waals surface area contributed by atoms with Crippen LogP contribution in [0.5, 0.6) is 0 Å². The number of carboxylic acids is 1. The number of benzene rings is 1. The standard InChI is InChI=1S/C18H13F4N3O4/c19-12-4-9(8-23)3-11(5-12)14-7-17(29-25-14,18(20,21)22)16(28)24-13-2-1-10(6-13)15(26)27/h1-5,10,13H,6-7H2,(H,24,28)(H,26,27)/t10-,13+,17-/m1/s1. The van der Waals surface area contributed by atoms with Gasteiger partial charge in [-0.3, -0.25) is 9.59 Å². The molecule has 2 aliphatic rings. The summed E-state index contributed by atoms with van der Waals surface area (Å²) < 4.78 is 54.9. The zero-order valence-corrected chi connectivity index (χ0v) is 14.5. The smallest absolute Gasteiger partial charge is 0.440 e. The molecular weight excluding hydrogens is 398 g/mol. The number of carbonyl (C=O) groups is 2. The van der Waals surface area contributed by atoms with Gasteiger partial charge in [0.15, 0.2) is 0 Å². The first-order valence-corrected chi connectivity index (χ1v) is 8.30. The fourth-order valence-corrected chi connectivity index (χ4v) is 3.09. The van der Waals surface area contributed by atoms with Crippen molar-refractivity contribution in [2.45, 2.75) is 30.7 Å². The number of amides is 1. The third-order valence-electron chi connectivity index (χ3n) is 4.63. The van der Waals surface area contributed by atoms with E-state index in [4.69, 9.17) is 10.4 Å². The molecule has 1 aliphatic carbocycles. The fraction of sp³-hybridized carbons (Fsp3) is 0.333. The minimum atomic E-state index is -5.16. The summed E-state index contributed by atoms with van der Waals surface area (Å²) in [6, 6.07) is 3.66. The molecule has 152 valence electrons. The molecule has 3 atom stereocenters. The SMILES string of the molecule is N#Cc1cc(F)cc(C2=NO[C@](C(=O)N[C@H]3C=C[C@@H](C(=O)O)C3)(C(F)(F)F)C2)c1. The van der Waals surface area contributed by atoms with Crippen LogP contribution < -0.4 is 5.32 Å². The molecule has 1 heterocycles. The van der Waals surface area contributed by atoms with Crippen molar-refractivity contribution in [2.24, 2.45) is 11.1 Å². The minimum Gasteiger partial charge on any atom is -0.481 e. The number of oxime groups is 1. The number of nitrogens with one attached hydrogen (secondary N) is 1. The van der Waals surface area contributed by atoms with Gasteiger partial charge in [-0.05, 0) is 24.6 Å². The second kappa shape index (κ2) is 7.20. The lowest BCUT2D eigenvalue weighted by Gasteiger charge is -2.28. The van der Waals surface area contributed by atoms with Crippen molar-refractivity contribution in [3.8, 4) is 6.07 Å². The number of nitriles is 1. The second-order valence-electron chi connectivity index (χ2n) is 6.62. The Morgan fingerprint density at radius 1 is 1.31 bits per heavy atom. The molecule has 7 nitrogen and oxygen atoms in total. The first-order valence-electron chi connectivity index (χ1n) is 8.30. The Balaban J connectivity index is 1.83. The highest BCUT2D eigenvalue weighted by molar-refractivity contribution is 6.06. The van der Waals surface area contributed by atoms with E-state index < -0.39 is 47.9 Å². The monoisotopic (exact) mass is 411 g/mol. The van der Waals surface area contributed by atoms with E-state index in [2.05, 4.69) is 15.3 Å². The average Bonchev–Trinajstić information content (AvgIpc) is 3.28. The Morgan fingerprint density at radius 2 is 2.03 bits per heavy atom. The van der Waals surface area contributed by atoms with Crippen LogP contribution in [0, 0.1) is 23.1 Å². The molecule has 1 aliphatic heterocycles. The van der Waals surface area contributed by atoms with Crippen molar-refractivity contribution in [3.05, 3.63) is 47.3 Å². The zero-order valence-electron chi connectivity index (χ0n) is 14.5. The maximum atomic E-state index is 13.8. The van der Waals surface area contributed by atoms with Crippen molar-refractivity contribution in [2.75, 3.05) is 0 Å². The van der Waals surface area contributed by atoms with Crippen LogP contribution in [-0.2, 0) is 14.4 Å². The van der Waals surface area contributed by atoms with Crippen LogP contribution in [0.2, 0.25) is 0 Å². The predicted molar refractivity (Wildman–Crippen MR) is 89.0 cm³/mol. The summed E-state index contributed by atoms with van der Waals surface area (Å²) in [7, 11) is 0. The summed E-state index contributed by atoms with van der Waals surface area (Å²) in [6.07, 6.45) is -3.72. The summed E-state index contributed by atoms with van der Waals surface area (Å²) >= 11 is 0. The molecule has 1 amide bonds. The summed E-state index contributed by atoms with van der Waals surface area (Å²) in [5, 5.41) is 23.3. The van der Waals surface area contributed by atoms with E-state index in [1.807, 2.05) is 0 Å². The van der Waals surface area contributed by atoms with Gasteiger partial charge in [0.25, 0.3) is 5.91 Å². The van der Waals surface area contributed by atoms with Crippen LogP contribution in [0.3, 0.4) is 0 Å². The van der Waals surface area contributed by atoms with E-state index in [9.17, 15) is 27.2 Å². The molecule has 0 unspecified atom stereocenters. The number of carboxylic acid groups (broad SMARTS) is 1. The van der Waals surface area contributed by atoms with Crippen molar-refractivity contribution in [3.63, 3.8) is 0 Å². The molecule has 0 saturated carbocycles. The van der Waals surface area contributed by atoms with Crippen molar-refractivity contribution in [1.82, 2.24) is 5.32 Å². The van der Waals surface area contributed by atoms with Crippen molar-refractivity contribution >= 4 is 17.6 Å². The topological polar surface area (TPSA) is 112 Å². The Morgan fingerprint density at radius 3 is 2.62 bits per heavy atom. The summed E-state index contributed by atoms with van der Waals surface area (Å²) in [5.41, 5.74) is -3.95. The zero-order chi connectivity index (χ0) is 21.4. The molecule has 0 fully saturated rings. The fourth-order valence-electron chi connectivity index (χ4n) is 3.09. The van der Waals surface area contributed by atoms with E-state index in [0.29, 0.717) is 0 Å². The van der Waals surface area contributed by atoms with Gasteiger partial charge in [0.05, 0.1) is 29.7 Å². The number of rotatable bonds is 4. The number of alkyl halides is 3. The highest BCUT2D eigenvalue weighted by atomic mass is 19.4. The largest absolute Gasteiger partial charge is 0.481 e. The number of halogens is 4. The number of hydrogen-bond donors (Lipinski definition) is 2. The summed E-state index contributed by atoms with van der Waals surface area (Å²) in [5.74, 6) is -4.48. The number of carbonyl (C=O) groups excluding carboxylic acids is 1. The average molecular weight is 411 g/mol. The Labute approximate surface area is 161 Å². The molecule has 0 radical (unpaired) electrons. The van der Waals surface area contributed by atoms with Gasteiger partial charge in [0, 0.05) is 11.6 Å². The highest BCUT2D eigenvalue weighted by Crippen LogP contribution is 2.42. The lowest BCUT2D eigenvalue weighted by atomic mass is 9.91. The Bertz CT molecular complexity index is 967. The van der Waals surface area contributed by atoms with E-state index in [1.165, 1.54) is 12.2 Å². The van der Waals surface area contributed by atoms with Crippen molar-refractivity contribution < 1.29 is 37.1 Å². The van der Waals surface area contributed by atoms with Gasteiger partial charge in [-0.1, -0.05) is 17.3 Å². The number of hydrogen-bond acceptors (Lipinski definition) is 5. The molecule has 2 N–H and O–H groups in total. The lowest BCUT2D eigenvalue weighted by molar-refractivity contribution is -0.259. The Kier molecular flexibility index (Phi) is 5.04. The molecule has 3 rings (SSSR count). The van der Waals surface area contributed by atoms with E-state index in [0.717, 1.165) is 18.2 Å². The van der Waals surface area contributed by atoms with Crippen LogP contribution in [-0.4, -0.2) is 40.5 Å².